The van der Waals surface area contributed by atoms with Crippen molar-refractivity contribution in [1.29, 1.82) is 0 Å². The van der Waals surface area contributed by atoms with Gasteiger partial charge in [-0.2, -0.15) is 0 Å². The highest BCUT2D eigenvalue weighted by atomic mass is 35.5. The van der Waals surface area contributed by atoms with Crippen LogP contribution >= 0.6 is 11.6 Å². The number of nitrogens with zero attached hydrogens (tertiary/aromatic N) is 3. The number of nitrogens with one attached hydrogen (secondary N) is 1. The van der Waals surface area contributed by atoms with E-state index in [1.54, 1.807) is 25.3 Å². The number of primary amides is 1. The minimum absolute atomic E-state index is 0.00105. The summed E-state index contributed by atoms with van der Waals surface area (Å²) in [6.45, 7) is 5.54. The number of carbonyl (C=O) groups is 2. The molecular formula is C21H24ClN5O2. The molecule has 2 heterocycles. The molecule has 8 heteroatoms. The third-order valence-electron chi connectivity index (χ3n) is 5.92. The van der Waals surface area contributed by atoms with Gasteiger partial charge in [-0.25, -0.2) is 9.97 Å². The average Bonchev–Trinajstić information content (AvgIpc) is 3.50. The first-order chi connectivity index (χ1) is 13.8. The number of halogens is 1. The predicted octanol–water partition coefficient (Wildman–Crippen LogP) is 3.47. The molecular weight excluding hydrogens is 390 g/mol. The first-order valence-electron chi connectivity index (χ1n) is 9.77. The third kappa shape index (κ3) is 3.55. The van der Waals surface area contributed by atoms with E-state index in [1.807, 2.05) is 17.9 Å². The maximum absolute atomic E-state index is 12.6. The zero-order valence-electron chi connectivity index (χ0n) is 16.6. The van der Waals surface area contributed by atoms with Crippen molar-refractivity contribution in [2.24, 2.45) is 17.6 Å². The van der Waals surface area contributed by atoms with Crippen LogP contribution in [-0.4, -0.2) is 27.8 Å². The quantitative estimate of drug-likeness (QED) is 0.799. The first-order valence-corrected chi connectivity index (χ1v) is 10.1. The van der Waals surface area contributed by atoms with Crippen LogP contribution in [0.25, 0.3) is 0 Å². The predicted molar refractivity (Wildman–Crippen MR) is 112 cm³/mol. The summed E-state index contributed by atoms with van der Waals surface area (Å²) < 4.78 is 0. The average molecular weight is 414 g/mol. The Hall–Kier alpha value is -2.67. The lowest BCUT2D eigenvalue weighted by atomic mass is 9.79. The van der Waals surface area contributed by atoms with Crippen LogP contribution < -0.4 is 16.0 Å². The van der Waals surface area contributed by atoms with Crippen LogP contribution in [0.5, 0.6) is 0 Å². The molecule has 7 nitrogen and oxygen atoms in total. The van der Waals surface area contributed by atoms with Crippen LogP contribution in [0.4, 0.5) is 11.6 Å². The highest BCUT2D eigenvalue weighted by Gasteiger charge is 2.47. The maximum Gasteiger partial charge on any atom is 0.248 e. The van der Waals surface area contributed by atoms with E-state index >= 15 is 0 Å². The van der Waals surface area contributed by atoms with E-state index in [2.05, 4.69) is 22.2 Å². The topological polar surface area (TPSA) is 101 Å². The first kappa shape index (κ1) is 19.6. The third-order valence-corrected chi connectivity index (χ3v) is 6.29. The van der Waals surface area contributed by atoms with Crippen molar-refractivity contribution in [2.75, 3.05) is 10.2 Å². The Labute approximate surface area is 174 Å². The van der Waals surface area contributed by atoms with Gasteiger partial charge in [0, 0.05) is 30.1 Å². The minimum atomic E-state index is -0.503. The molecule has 29 heavy (non-hydrogen) atoms. The molecule has 1 saturated carbocycles. The van der Waals surface area contributed by atoms with Crippen molar-refractivity contribution in [3.63, 3.8) is 0 Å². The lowest BCUT2D eigenvalue weighted by Crippen LogP contribution is -2.51. The molecule has 4 rings (SSSR count). The van der Waals surface area contributed by atoms with Crippen molar-refractivity contribution >= 4 is 35.1 Å². The van der Waals surface area contributed by atoms with Crippen LogP contribution in [0, 0.1) is 18.8 Å². The second-order valence-corrected chi connectivity index (χ2v) is 8.37. The Morgan fingerprint density at radius 3 is 2.62 bits per heavy atom. The number of hydrogen-bond acceptors (Lipinski definition) is 5. The van der Waals surface area contributed by atoms with Gasteiger partial charge in [0.15, 0.2) is 0 Å². The van der Waals surface area contributed by atoms with Gasteiger partial charge >= 0.3 is 0 Å². The second-order valence-electron chi connectivity index (χ2n) is 7.96. The van der Waals surface area contributed by atoms with Crippen LogP contribution in [0.15, 0.2) is 24.4 Å². The molecule has 1 aliphatic heterocycles. The smallest absolute Gasteiger partial charge is 0.248 e. The van der Waals surface area contributed by atoms with Crippen LogP contribution in [-0.2, 0) is 4.79 Å². The summed E-state index contributed by atoms with van der Waals surface area (Å²) in [5, 5.41) is 3.92. The van der Waals surface area contributed by atoms with E-state index in [-0.39, 0.29) is 23.9 Å². The molecule has 0 unspecified atom stereocenters. The monoisotopic (exact) mass is 413 g/mol. The zero-order valence-corrected chi connectivity index (χ0v) is 17.4. The molecule has 2 amide bonds. The van der Waals surface area contributed by atoms with Gasteiger partial charge < -0.3 is 16.0 Å². The van der Waals surface area contributed by atoms with E-state index in [0.717, 1.165) is 24.1 Å². The Bertz CT molecular complexity index is 991. The number of carbonyl (C=O) groups excluding carboxylic acids is 2. The molecule has 2 aromatic rings. The SMILES string of the molecule is CC(=O)N1c2ccc(C(N)=O)cc2[C@H](Nc2ncc(Cl)c(C)n2)[C@@H](C)[C@@H]1C1CC1. The molecule has 0 saturated heterocycles. The highest BCUT2D eigenvalue weighted by Crippen LogP contribution is 2.50. The Balaban J connectivity index is 1.83. The normalized spacial score (nSPS) is 23.4. The standard InChI is InChI=1S/C21H24ClN5O2/c1-10-18(26-21-24-9-16(22)11(2)25-21)15-8-14(20(23)29)6-7-17(15)27(12(3)28)19(10)13-4-5-13/h6-10,13,18-19H,4-5H2,1-3H3,(H2,23,29)(H,24,25,26)/t10-,18-,19-/m1/s1. The molecule has 2 aliphatic rings. The summed E-state index contributed by atoms with van der Waals surface area (Å²) in [5.41, 5.74) is 8.26. The van der Waals surface area contributed by atoms with Gasteiger partial charge in [0.05, 0.1) is 23.0 Å². The van der Waals surface area contributed by atoms with Crippen molar-refractivity contribution < 1.29 is 9.59 Å². The van der Waals surface area contributed by atoms with Crippen LogP contribution in [0.2, 0.25) is 5.02 Å². The molecule has 152 valence electrons. The summed E-state index contributed by atoms with van der Waals surface area (Å²) >= 11 is 6.07. The lowest BCUT2D eigenvalue weighted by molar-refractivity contribution is -0.117. The van der Waals surface area contributed by atoms with E-state index in [9.17, 15) is 9.59 Å². The Morgan fingerprint density at radius 2 is 2.03 bits per heavy atom. The van der Waals surface area contributed by atoms with Crippen molar-refractivity contribution in [3.05, 3.63) is 46.2 Å². The van der Waals surface area contributed by atoms with Crippen LogP contribution in [0.3, 0.4) is 0 Å². The van der Waals surface area contributed by atoms with Gasteiger partial charge in [-0.15, -0.1) is 0 Å². The molecule has 0 spiro atoms. The lowest BCUT2D eigenvalue weighted by Gasteiger charge is -2.45. The van der Waals surface area contributed by atoms with Gasteiger partial charge in [-0.1, -0.05) is 18.5 Å². The molecule has 3 atom stereocenters. The number of aryl methyl sites for hydroxylation is 1. The summed E-state index contributed by atoms with van der Waals surface area (Å²) in [5.74, 6) is 0.511. The number of benzene rings is 1. The summed E-state index contributed by atoms with van der Waals surface area (Å²) in [6, 6.07) is 5.17. The number of hydrogen-bond donors (Lipinski definition) is 2. The molecule has 1 aromatic heterocycles. The van der Waals surface area contributed by atoms with Gasteiger partial charge in [0.1, 0.15) is 0 Å². The van der Waals surface area contributed by atoms with Gasteiger partial charge in [0.2, 0.25) is 17.8 Å². The highest BCUT2D eigenvalue weighted by molar-refractivity contribution is 6.31. The molecule has 1 fully saturated rings. The summed E-state index contributed by atoms with van der Waals surface area (Å²) in [7, 11) is 0. The number of anilines is 2. The minimum Gasteiger partial charge on any atom is -0.366 e. The van der Waals surface area contributed by atoms with Crippen molar-refractivity contribution in [1.82, 2.24) is 9.97 Å². The Morgan fingerprint density at radius 1 is 1.31 bits per heavy atom. The number of nitrogens with two attached hydrogens (primary N) is 1. The molecule has 1 aliphatic carbocycles. The van der Waals surface area contributed by atoms with Gasteiger partial charge in [0.25, 0.3) is 0 Å². The summed E-state index contributed by atoms with van der Waals surface area (Å²) in [4.78, 5) is 35.0. The summed E-state index contributed by atoms with van der Waals surface area (Å²) in [6.07, 6.45) is 3.79. The van der Waals surface area contributed by atoms with Crippen molar-refractivity contribution in [3.8, 4) is 0 Å². The van der Waals surface area contributed by atoms with Gasteiger partial charge in [-0.3, -0.25) is 9.59 Å². The molecule has 3 N–H and O–H groups in total. The molecule has 1 aromatic carbocycles. The van der Waals surface area contributed by atoms with Crippen molar-refractivity contribution in [2.45, 2.75) is 45.7 Å². The van der Waals surface area contributed by atoms with E-state index in [1.165, 1.54) is 0 Å². The van der Waals surface area contributed by atoms with E-state index in [4.69, 9.17) is 17.3 Å². The largest absolute Gasteiger partial charge is 0.366 e. The number of amides is 2. The van der Waals surface area contributed by atoms with Gasteiger partial charge in [-0.05, 0) is 49.4 Å². The fourth-order valence-corrected chi connectivity index (χ4v) is 4.47. The zero-order chi connectivity index (χ0) is 20.9. The van der Waals surface area contributed by atoms with E-state index in [0.29, 0.717) is 28.1 Å². The number of fused-ring (bicyclic) bond motifs is 1. The maximum atomic E-state index is 12.6. The fourth-order valence-electron chi connectivity index (χ4n) is 4.38. The second kappa shape index (κ2) is 7.30. The number of rotatable bonds is 4. The number of aromatic nitrogens is 2. The fraction of sp³-hybridized carbons (Fsp3) is 0.429. The molecule has 0 bridgehead atoms. The Kier molecular flexibility index (Phi) is 4.94. The molecule has 0 radical (unpaired) electrons. The van der Waals surface area contributed by atoms with Crippen LogP contribution in [0.1, 0.15) is 54.3 Å². The van der Waals surface area contributed by atoms with E-state index < -0.39 is 5.91 Å².